The molecule has 5 rings (SSSR count). The lowest BCUT2D eigenvalue weighted by atomic mass is 10.2. The van der Waals surface area contributed by atoms with Crippen LogP contribution in [0.4, 0.5) is 17.1 Å². The van der Waals surface area contributed by atoms with E-state index in [-0.39, 0.29) is 5.91 Å². The number of nitrogens with one attached hydrogen (secondary N) is 1. The highest BCUT2D eigenvalue weighted by Gasteiger charge is 2.28. The number of ether oxygens (including phenoxy) is 1. The number of anilines is 2. The number of carbonyl (C=O) groups is 1. The Morgan fingerprint density at radius 3 is 2.31 bits per heavy atom. The first-order valence-corrected chi connectivity index (χ1v) is 14.8. The maximum absolute atomic E-state index is 13.5. The third-order valence-electron chi connectivity index (χ3n) is 7.25. The molecular weight excluding hydrogens is 514 g/mol. The number of sulfonamides is 1. The fraction of sp³-hybridized carbons (Fsp3) is 0.379. The summed E-state index contributed by atoms with van der Waals surface area (Å²) < 4.78 is 36.1. The molecule has 9 nitrogen and oxygen atoms in total. The number of morpholine rings is 1. The van der Waals surface area contributed by atoms with Crippen LogP contribution in [-0.4, -0.2) is 68.8 Å². The van der Waals surface area contributed by atoms with Gasteiger partial charge in [0.15, 0.2) is 0 Å². The van der Waals surface area contributed by atoms with Gasteiger partial charge in [-0.2, -0.15) is 4.31 Å². The Morgan fingerprint density at radius 2 is 1.64 bits per heavy atom. The first-order valence-electron chi connectivity index (χ1n) is 13.3. The van der Waals surface area contributed by atoms with Crippen LogP contribution in [0.1, 0.15) is 36.7 Å². The van der Waals surface area contributed by atoms with Crippen LogP contribution in [-0.2, 0) is 19.6 Å². The van der Waals surface area contributed by atoms with Gasteiger partial charge in [-0.15, -0.1) is 0 Å². The van der Waals surface area contributed by atoms with Crippen molar-refractivity contribution in [1.29, 1.82) is 0 Å². The third kappa shape index (κ3) is 5.78. The number of aryl methyl sites for hydroxylation is 1. The van der Waals surface area contributed by atoms with Crippen LogP contribution < -0.4 is 10.2 Å². The van der Waals surface area contributed by atoms with Crippen molar-refractivity contribution in [2.75, 3.05) is 49.6 Å². The summed E-state index contributed by atoms with van der Waals surface area (Å²) >= 11 is 0. The molecule has 1 aromatic heterocycles. The van der Waals surface area contributed by atoms with Crippen LogP contribution in [0, 0.1) is 13.8 Å². The molecule has 10 heteroatoms. The van der Waals surface area contributed by atoms with Gasteiger partial charge in [0.2, 0.25) is 15.9 Å². The van der Waals surface area contributed by atoms with E-state index < -0.39 is 10.0 Å². The molecule has 2 aliphatic rings. The zero-order valence-corrected chi connectivity index (χ0v) is 23.5. The second kappa shape index (κ2) is 11.3. The molecule has 0 aliphatic carbocycles. The Labute approximate surface area is 230 Å². The van der Waals surface area contributed by atoms with E-state index in [2.05, 4.69) is 25.8 Å². The molecule has 206 valence electrons. The molecule has 39 heavy (non-hydrogen) atoms. The van der Waals surface area contributed by atoms with Crippen molar-refractivity contribution < 1.29 is 17.9 Å². The molecule has 2 fully saturated rings. The van der Waals surface area contributed by atoms with Crippen molar-refractivity contribution in [2.24, 2.45) is 4.99 Å². The van der Waals surface area contributed by atoms with Gasteiger partial charge in [-0.05, 0) is 75.2 Å². The summed E-state index contributed by atoms with van der Waals surface area (Å²) in [6.07, 6.45) is 4.07. The van der Waals surface area contributed by atoms with Crippen LogP contribution in [0.5, 0.6) is 0 Å². The van der Waals surface area contributed by atoms with Gasteiger partial charge in [0.25, 0.3) is 0 Å². The quantitative estimate of drug-likeness (QED) is 0.440. The highest BCUT2D eigenvalue weighted by molar-refractivity contribution is 7.89. The number of hydrogen-bond donors (Lipinski definition) is 1. The summed E-state index contributed by atoms with van der Waals surface area (Å²) in [4.78, 5) is 18.6. The van der Waals surface area contributed by atoms with Crippen LogP contribution >= 0.6 is 0 Å². The highest BCUT2D eigenvalue weighted by atomic mass is 32.2. The maximum Gasteiger partial charge on any atom is 0.243 e. The van der Waals surface area contributed by atoms with E-state index >= 15 is 0 Å². The van der Waals surface area contributed by atoms with E-state index in [0.717, 1.165) is 65.6 Å². The fourth-order valence-corrected chi connectivity index (χ4v) is 6.70. The van der Waals surface area contributed by atoms with Gasteiger partial charge in [-0.1, -0.05) is 0 Å². The molecule has 2 aromatic carbocycles. The molecular formula is C29H35N5O4S. The minimum Gasteiger partial charge on any atom is -0.379 e. The predicted octanol–water partition coefficient (Wildman–Crippen LogP) is 4.42. The minimum atomic E-state index is -3.64. The van der Waals surface area contributed by atoms with Crippen molar-refractivity contribution in [2.45, 2.75) is 38.5 Å². The number of amides is 1. The van der Waals surface area contributed by atoms with E-state index in [1.807, 2.05) is 56.5 Å². The summed E-state index contributed by atoms with van der Waals surface area (Å²) in [5.74, 6) is -0.117. The molecule has 3 aromatic rings. The van der Waals surface area contributed by atoms with Crippen molar-refractivity contribution in [3.05, 3.63) is 65.5 Å². The third-order valence-corrected chi connectivity index (χ3v) is 9.15. The van der Waals surface area contributed by atoms with Gasteiger partial charge >= 0.3 is 0 Å². The summed E-state index contributed by atoms with van der Waals surface area (Å²) in [7, 11) is -3.64. The lowest BCUT2D eigenvalue weighted by molar-refractivity contribution is -0.114. The van der Waals surface area contributed by atoms with Crippen LogP contribution in [0.25, 0.3) is 5.69 Å². The predicted molar refractivity (Wildman–Crippen MR) is 154 cm³/mol. The minimum absolute atomic E-state index is 0.117. The van der Waals surface area contributed by atoms with Crippen molar-refractivity contribution >= 4 is 39.2 Å². The van der Waals surface area contributed by atoms with Gasteiger partial charge < -0.3 is 19.5 Å². The smallest absolute Gasteiger partial charge is 0.243 e. The topological polar surface area (TPSA) is 96.2 Å². The first kappa shape index (κ1) is 27.1. The largest absolute Gasteiger partial charge is 0.379 e. The molecule has 1 N–H and O–H groups in total. The molecule has 0 bridgehead atoms. The average molecular weight is 550 g/mol. The van der Waals surface area contributed by atoms with Crippen LogP contribution in [0.3, 0.4) is 0 Å². The van der Waals surface area contributed by atoms with Crippen LogP contribution in [0.2, 0.25) is 0 Å². The lowest BCUT2D eigenvalue weighted by Gasteiger charge is -2.28. The van der Waals surface area contributed by atoms with Gasteiger partial charge in [0.05, 0.1) is 35.2 Å². The van der Waals surface area contributed by atoms with Gasteiger partial charge in [0, 0.05) is 62.0 Å². The number of carbonyl (C=O) groups excluding carboxylic acids is 1. The SMILES string of the molecule is CC(=O)Nc1ccc(N=Cc2cc(C)n(-c3cc(S(=O)(=O)N4CCOCC4)ccc3N3CCCC3)c2C)cc1. The standard InChI is InChI=1S/C29H35N5O4S/c1-21-18-24(20-30-25-6-8-26(9-7-25)31-23(3)35)22(2)34(21)29-19-27(10-11-28(29)32-12-4-5-13-32)39(36,37)33-14-16-38-17-15-33/h6-11,18-20H,4-5,12-17H2,1-3H3,(H,31,35). The molecule has 3 heterocycles. The first-order chi connectivity index (χ1) is 18.7. The van der Waals surface area contributed by atoms with E-state index in [1.54, 1.807) is 6.07 Å². The Kier molecular flexibility index (Phi) is 7.88. The molecule has 0 spiro atoms. The molecule has 0 radical (unpaired) electrons. The Hall–Kier alpha value is -3.47. The van der Waals surface area contributed by atoms with E-state index in [0.29, 0.717) is 31.2 Å². The normalized spacial score (nSPS) is 16.7. The number of aromatic nitrogens is 1. The van der Waals surface area contributed by atoms with E-state index in [4.69, 9.17) is 4.74 Å². The zero-order chi connectivity index (χ0) is 27.6. The molecule has 1 amide bonds. The second-order valence-corrected chi connectivity index (χ2v) is 11.9. The van der Waals surface area contributed by atoms with Crippen molar-refractivity contribution in [1.82, 2.24) is 8.87 Å². The highest BCUT2D eigenvalue weighted by Crippen LogP contribution is 2.34. The fourth-order valence-electron chi connectivity index (χ4n) is 5.27. The molecule has 2 saturated heterocycles. The Bertz CT molecular complexity index is 1480. The summed E-state index contributed by atoms with van der Waals surface area (Å²) in [6.45, 7) is 8.98. The summed E-state index contributed by atoms with van der Waals surface area (Å²) in [5.41, 5.74) is 6.31. The Balaban J connectivity index is 1.51. The molecule has 0 atom stereocenters. The zero-order valence-electron chi connectivity index (χ0n) is 22.7. The number of nitrogens with zero attached hydrogens (tertiary/aromatic N) is 4. The molecule has 0 unspecified atom stereocenters. The number of hydrogen-bond acceptors (Lipinski definition) is 6. The molecule has 0 saturated carbocycles. The summed E-state index contributed by atoms with van der Waals surface area (Å²) in [5, 5.41) is 2.76. The van der Waals surface area contributed by atoms with E-state index in [1.165, 1.54) is 11.2 Å². The Morgan fingerprint density at radius 1 is 0.949 bits per heavy atom. The van der Waals surface area contributed by atoms with Gasteiger partial charge in [-0.3, -0.25) is 9.79 Å². The lowest BCUT2D eigenvalue weighted by Crippen LogP contribution is -2.40. The number of benzene rings is 2. The monoisotopic (exact) mass is 549 g/mol. The van der Waals surface area contributed by atoms with Crippen molar-refractivity contribution in [3.8, 4) is 5.69 Å². The number of aliphatic imine (C=N–C) groups is 1. The maximum atomic E-state index is 13.5. The average Bonchev–Trinajstić information content (AvgIpc) is 3.56. The molecule has 2 aliphatic heterocycles. The van der Waals surface area contributed by atoms with E-state index in [9.17, 15) is 13.2 Å². The summed E-state index contributed by atoms with van der Waals surface area (Å²) in [6, 6.07) is 14.9. The second-order valence-electron chi connectivity index (χ2n) is 10.0. The van der Waals surface area contributed by atoms with Crippen molar-refractivity contribution in [3.63, 3.8) is 0 Å². The van der Waals surface area contributed by atoms with Crippen LogP contribution in [0.15, 0.2) is 58.4 Å². The number of rotatable bonds is 7. The van der Waals surface area contributed by atoms with Gasteiger partial charge in [-0.25, -0.2) is 8.42 Å². The van der Waals surface area contributed by atoms with Gasteiger partial charge in [0.1, 0.15) is 0 Å².